The highest BCUT2D eigenvalue weighted by Crippen LogP contribution is 2.20. The number of hydrogen-bond donors (Lipinski definition) is 2. The number of benzene rings is 1. The third-order valence-electron chi connectivity index (χ3n) is 3.59. The van der Waals surface area contributed by atoms with Gasteiger partial charge in [0, 0.05) is 13.0 Å². The van der Waals surface area contributed by atoms with E-state index in [0.717, 1.165) is 29.9 Å². The Kier molecular flexibility index (Phi) is 6.02. The zero-order valence-corrected chi connectivity index (χ0v) is 13.6. The number of amides is 2. The van der Waals surface area contributed by atoms with Gasteiger partial charge < -0.3 is 10.1 Å². The van der Waals surface area contributed by atoms with Crippen LogP contribution in [0.15, 0.2) is 30.3 Å². The van der Waals surface area contributed by atoms with E-state index in [2.05, 4.69) is 17.7 Å². The predicted molar refractivity (Wildman–Crippen MR) is 88.4 cm³/mol. The van der Waals surface area contributed by atoms with Crippen LogP contribution < -0.4 is 15.5 Å². The van der Waals surface area contributed by atoms with Crippen LogP contribution in [0.5, 0.6) is 5.75 Å². The normalized spacial score (nSPS) is 14.1. The first kappa shape index (κ1) is 16.9. The molecule has 2 N–H and O–H groups in total. The van der Waals surface area contributed by atoms with E-state index < -0.39 is 0 Å². The zero-order valence-electron chi connectivity index (χ0n) is 13.6. The van der Waals surface area contributed by atoms with Crippen LogP contribution in [-0.2, 0) is 9.59 Å². The lowest BCUT2D eigenvalue weighted by Gasteiger charge is -2.28. The number of unbranched alkanes of at least 4 members (excludes halogenated alkanes) is 1. The zero-order chi connectivity index (χ0) is 16.7. The van der Waals surface area contributed by atoms with Gasteiger partial charge >= 0.3 is 0 Å². The molecular weight excluding hydrogens is 294 g/mol. The molecule has 0 radical (unpaired) electrons. The summed E-state index contributed by atoms with van der Waals surface area (Å²) in [6.07, 6.45) is 4.06. The van der Waals surface area contributed by atoms with Gasteiger partial charge in [0.25, 0.3) is 0 Å². The van der Waals surface area contributed by atoms with Gasteiger partial charge in [0.1, 0.15) is 12.3 Å². The lowest BCUT2D eigenvalue weighted by molar-refractivity contribution is -0.137. The predicted octanol–water partition coefficient (Wildman–Crippen LogP) is 1.69. The minimum Gasteiger partial charge on any atom is -0.497 e. The number of methoxy groups -OCH3 is 1. The van der Waals surface area contributed by atoms with Crippen molar-refractivity contribution in [3.8, 4) is 5.75 Å². The van der Waals surface area contributed by atoms with Crippen LogP contribution in [0.4, 0.5) is 0 Å². The van der Waals surface area contributed by atoms with Gasteiger partial charge in [0.05, 0.1) is 12.8 Å². The first-order valence-corrected chi connectivity index (χ1v) is 7.82. The second-order valence-corrected chi connectivity index (χ2v) is 5.35. The Bertz CT molecular complexity index is 581. The van der Waals surface area contributed by atoms with E-state index in [9.17, 15) is 9.59 Å². The number of ether oxygens (including phenoxy) is 1. The van der Waals surface area contributed by atoms with E-state index in [1.165, 1.54) is 5.01 Å². The van der Waals surface area contributed by atoms with Gasteiger partial charge in [0.15, 0.2) is 0 Å². The summed E-state index contributed by atoms with van der Waals surface area (Å²) >= 11 is 0. The Labute approximate surface area is 136 Å². The summed E-state index contributed by atoms with van der Waals surface area (Å²) in [5, 5.41) is 4.17. The smallest absolute Gasteiger partial charge is 0.245 e. The molecule has 6 nitrogen and oxygen atoms in total. The molecule has 0 aliphatic carbocycles. The fraction of sp³-hybridized carbons (Fsp3) is 0.412. The topological polar surface area (TPSA) is 70.7 Å². The van der Waals surface area contributed by atoms with Crippen molar-refractivity contribution >= 4 is 17.5 Å². The number of nitrogens with one attached hydrogen (secondary N) is 2. The van der Waals surface area contributed by atoms with Crippen LogP contribution in [0.25, 0.3) is 5.70 Å². The molecule has 0 aromatic heterocycles. The summed E-state index contributed by atoms with van der Waals surface area (Å²) in [5.74, 6) is 0.497. The minimum atomic E-state index is -0.157. The van der Waals surface area contributed by atoms with Crippen molar-refractivity contribution in [1.29, 1.82) is 0 Å². The quantitative estimate of drug-likeness (QED) is 0.751. The fourth-order valence-corrected chi connectivity index (χ4v) is 2.24. The molecule has 2 rings (SSSR count). The Hall–Kier alpha value is -2.50. The maximum atomic E-state index is 12.0. The molecule has 1 aliphatic heterocycles. The Morgan fingerprint density at radius 1 is 1.35 bits per heavy atom. The van der Waals surface area contributed by atoms with Gasteiger partial charge in [-0.2, -0.15) is 0 Å². The molecular formula is C17H23N3O3. The number of rotatable bonds is 7. The van der Waals surface area contributed by atoms with Crippen LogP contribution in [0.2, 0.25) is 0 Å². The molecule has 23 heavy (non-hydrogen) atoms. The lowest BCUT2D eigenvalue weighted by Crippen LogP contribution is -2.49. The van der Waals surface area contributed by atoms with Crippen molar-refractivity contribution in [2.24, 2.45) is 0 Å². The molecule has 124 valence electrons. The summed E-state index contributed by atoms with van der Waals surface area (Å²) < 4.78 is 5.14. The van der Waals surface area contributed by atoms with Crippen LogP contribution in [-0.4, -0.2) is 37.0 Å². The lowest BCUT2D eigenvalue weighted by atomic mass is 10.1. The number of hydrogen-bond acceptors (Lipinski definition) is 4. The van der Waals surface area contributed by atoms with Gasteiger partial charge in [-0.15, -0.1) is 0 Å². The summed E-state index contributed by atoms with van der Waals surface area (Å²) in [5.41, 5.74) is 4.77. The minimum absolute atomic E-state index is 0.00996. The van der Waals surface area contributed by atoms with Crippen LogP contribution >= 0.6 is 0 Å². The average Bonchev–Trinajstić information content (AvgIpc) is 2.57. The number of nitrogens with zero attached hydrogens (tertiary/aromatic N) is 1. The van der Waals surface area contributed by atoms with Gasteiger partial charge in [-0.25, -0.2) is 5.01 Å². The number of hydrazine groups is 1. The van der Waals surface area contributed by atoms with Gasteiger partial charge in [-0.1, -0.05) is 13.3 Å². The number of carbonyl (C=O) groups is 2. The second kappa shape index (κ2) is 8.22. The first-order valence-electron chi connectivity index (χ1n) is 7.82. The van der Waals surface area contributed by atoms with E-state index in [4.69, 9.17) is 4.74 Å². The van der Waals surface area contributed by atoms with Crippen LogP contribution in [0.1, 0.15) is 31.7 Å². The molecule has 1 heterocycles. The second-order valence-electron chi connectivity index (χ2n) is 5.35. The maximum Gasteiger partial charge on any atom is 0.245 e. The molecule has 0 bridgehead atoms. The van der Waals surface area contributed by atoms with E-state index in [1.807, 2.05) is 30.3 Å². The SMILES string of the molecule is CCCCNC(=O)CN1NC(c2ccc(OC)cc2)=CCC1=O. The molecule has 0 saturated carbocycles. The van der Waals surface area contributed by atoms with Crippen molar-refractivity contribution in [1.82, 2.24) is 15.8 Å². The largest absolute Gasteiger partial charge is 0.497 e. The molecule has 1 aromatic carbocycles. The third kappa shape index (κ3) is 4.74. The van der Waals surface area contributed by atoms with Crippen molar-refractivity contribution in [2.75, 3.05) is 20.2 Å². The molecule has 0 fully saturated rings. The number of carbonyl (C=O) groups excluding carboxylic acids is 2. The van der Waals surface area contributed by atoms with Crippen molar-refractivity contribution < 1.29 is 14.3 Å². The summed E-state index contributed by atoms with van der Waals surface area (Å²) in [7, 11) is 1.62. The molecule has 6 heteroatoms. The maximum absolute atomic E-state index is 12.0. The van der Waals surface area contributed by atoms with E-state index in [-0.39, 0.29) is 24.8 Å². The van der Waals surface area contributed by atoms with Crippen molar-refractivity contribution in [3.05, 3.63) is 35.9 Å². The molecule has 2 amide bonds. The molecule has 0 saturated heterocycles. The van der Waals surface area contributed by atoms with E-state index in [0.29, 0.717) is 6.54 Å². The molecule has 0 atom stereocenters. The highest BCUT2D eigenvalue weighted by molar-refractivity contribution is 5.88. The Morgan fingerprint density at radius 2 is 2.09 bits per heavy atom. The monoisotopic (exact) mass is 317 g/mol. The molecule has 1 aliphatic rings. The fourth-order valence-electron chi connectivity index (χ4n) is 2.24. The highest BCUT2D eigenvalue weighted by atomic mass is 16.5. The molecule has 0 spiro atoms. The summed E-state index contributed by atoms with van der Waals surface area (Å²) in [6, 6.07) is 7.53. The third-order valence-corrected chi connectivity index (χ3v) is 3.59. The standard InChI is InChI=1S/C17H23N3O3/c1-3-4-11-18-16(21)12-20-17(22)10-9-15(19-20)13-5-7-14(23-2)8-6-13/h5-9,19H,3-4,10-12H2,1-2H3,(H,18,21). The highest BCUT2D eigenvalue weighted by Gasteiger charge is 2.21. The first-order chi connectivity index (χ1) is 11.1. The van der Waals surface area contributed by atoms with E-state index in [1.54, 1.807) is 7.11 Å². The van der Waals surface area contributed by atoms with Crippen molar-refractivity contribution in [2.45, 2.75) is 26.2 Å². The van der Waals surface area contributed by atoms with E-state index >= 15 is 0 Å². The summed E-state index contributed by atoms with van der Waals surface area (Å²) in [6.45, 7) is 2.71. The molecule has 1 aromatic rings. The van der Waals surface area contributed by atoms with Gasteiger partial charge in [-0.3, -0.25) is 15.0 Å². The Balaban J connectivity index is 1.97. The van der Waals surface area contributed by atoms with Crippen LogP contribution in [0, 0.1) is 0 Å². The average molecular weight is 317 g/mol. The van der Waals surface area contributed by atoms with Crippen LogP contribution in [0.3, 0.4) is 0 Å². The Morgan fingerprint density at radius 3 is 2.74 bits per heavy atom. The molecule has 0 unspecified atom stereocenters. The summed E-state index contributed by atoms with van der Waals surface area (Å²) in [4.78, 5) is 23.8. The van der Waals surface area contributed by atoms with Gasteiger partial charge in [-0.05, 0) is 42.3 Å². The van der Waals surface area contributed by atoms with Gasteiger partial charge in [0.2, 0.25) is 11.8 Å². The van der Waals surface area contributed by atoms with Crippen molar-refractivity contribution in [3.63, 3.8) is 0 Å².